The summed E-state index contributed by atoms with van der Waals surface area (Å²) in [6.07, 6.45) is 2.00. The van der Waals surface area contributed by atoms with Crippen LogP contribution in [0.1, 0.15) is 47.8 Å². The number of aliphatic imine (C=N–C) groups is 1. The maximum Gasteiger partial charge on any atom is 0.0664 e. The molecule has 0 atom stereocenters. The van der Waals surface area contributed by atoms with Crippen LogP contribution in [-0.2, 0) is 0 Å². The number of nitrogens with zero attached hydrogens (tertiary/aromatic N) is 2. The van der Waals surface area contributed by atoms with E-state index < -0.39 is 0 Å². The summed E-state index contributed by atoms with van der Waals surface area (Å²) in [5.41, 5.74) is 8.42. The van der Waals surface area contributed by atoms with E-state index in [2.05, 4.69) is 93.8 Å². The van der Waals surface area contributed by atoms with Crippen LogP contribution in [0.4, 0.5) is 5.69 Å². The molecular formula is C23H26N2. The van der Waals surface area contributed by atoms with Gasteiger partial charge in [-0.2, -0.15) is 0 Å². The summed E-state index contributed by atoms with van der Waals surface area (Å²) in [7, 11) is 0. The number of rotatable bonds is 4. The summed E-state index contributed by atoms with van der Waals surface area (Å²) in [4.78, 5) is 4.79. The minimum Gasteiger partial charge on any atom is -0.318 e. The molecule has 3 aromatic rings. The van der Waals surface area contributed by atoms with Crippen LogP contribution in [0, 0.1) is 20.8 Å². The third kappa shape index (κ3) is 3.58. The molecule has 0 aliphatic carbocycles. The molecule has 0 bridgehead atoms. The first-order chi connectivity index (χ1) is 12.0. The van der Waals surface area contributed by atoms with Gasteiger partial charge in [0.1, 0.15) is 0 Å². The van der Waals surface area contributed by atoms with Crippen molar-refractivity contribution in [2.24, 2.45) is 4.99 Å². The van der Waals surface area contributed by atoms with Gasteiger partial charge in [0, 0.05) is 28.9 Å². The summed E-state index contributed by atoms with van der Waals surface area (Å²) in [5.74, 6) is 0.466. The van der Waals surface area contributed by atoms with Gasteiger partial charge < -0.3 is 4.57 Å². The highest BCUT2D eigenvalue weighted by molar-refractivity contribution is 5.84. The zero-order valence-electron chi connectivity index (χ0n) is 15.7. The fourth-order valence-corrected chi connectivity index (χ4v) is 3.32. The number of aryl methyl sites for hydroxylation is 2. The lowest BCUT2D eigenvalue weighted by Gasteiger charge is -2.10. The molecule has 2 heteroatoms. The van der Waals surface area contributed by atoms with Crippen molar-refractivity contribution in [3.8, 4) is 5.69 Å². The van der Waals surface area contributed by atoms with Gasteiger partial charge in [-0.3, -0.25) is 4.99 Å². The largest absolute Gasteiger partial charge is 0.318 e. The highest BCUT2D eigenvalue weighted by Gasteiger charge is 2.10. The predicted molar refractivity (Wildman–Crippen MR) is 108 cm³/mol. The molecule has 0 spiro atoms. The number of hydrogen-bond acceptors (Lipinski definition) is 1. The molecular weight excluding hydrogens is 304 g/mol. The molecule has 1 aromatic heterocycles. The minimum atomic E-state index is 0.466. The monoisotopic (exact) mass is 330 g/mol. The van der Waals surface area contributed by atoms with Gasteiger partial charge in [0.25, 0.3) is 0 Å². The Labute approximate surface area is 150 Å². The first-order valence-corrected chi connectivity index (χ1v) is 8.86. The van der Waals surface area contributed by atoms with Crippen molar-refractivity contribution in [1.82, 2.24) is 4.57 Å². The minimum absolute atomic E-state index is 0.466. The normalized spacial score (nSPS) is 11.6. The predicted octanol–water partition coefficient (Wildman–Crippen LogP) is 6.28. The van der Waals surface area contributed by atoms with Crippen LogP contribution in [-0.4, -0.2) is 10.8 Å². The maximum atomic E-state index is 4.79. The Morgan fingerprint density at radius 3 is 2.40 bits per heavy atom. The van der Waals surface area contributed by atoms with Crippen molar-refractivity contribution in [2.45, 2.75) is 40.5 Å². The quantitative estimate of drug-likeness (QED) is 0.501. The Hall–Kier alpha value is -2.61. The van der Waals surface area contributed by atoms with Crippen LogP contribution in [0.5, 0.6) is 0 Å². The molecule has 2 aromatic carbocycles. The van der Waals surface area contributed by atoms with E-state index in [-0.39, 0.29) is 0 Å². The van der Waals surface area contributed by atoms with Gasteiger partial charge in [-0.15, -0.1) is 0 Å². The number of para-hydroxylation sites is 1. The van der Waals surface area contributed by atoms with E-state index in [1.165, 1.54) is 28.2 Å². The zero-order chi connectivity index (χ0) is 18.0. The average Bonchev–Trinajstić information content (AvgIpc) is 2.87. The smallest absolute Gasteiger partial charge is 0.0664 e. The topological polar surface area (TPSA) is 17.3 Å². The number of aromatic nitrogens is 1. The SMILES string of the molecule is Cc1cccc(-n2c(C)cc(C=Nc3ccccc3C(C)C)c2C)c1. The third-order valence-corrected chi connectivity index (χ3v) is 4.63. The molecule has 0 fully saturated rings. The van der Waals surface area contributed by atoms with Crippen molar-refractivity contribution in [1.29, 1.82) is 0 Å². The average molecular weight is 330 g/mol. The van der Waals surface area contributed by atoms with E-state index in [4.69, 9.17) is 4.99 Å². The molecule has 0 N–H and O–H groups in total. The molecule has 0 aliphatic rings. The van der Waals surface area contributed by atoms with Crippen LogP contribution in [0.15, 0.2) is 59.6 Å². The molecule has 3 rings (SSSR count). The van der Waals surface area contributed by atoms with E-state index in [0.717, 1.165) is 11.3 Å². The molecule has 128 valence electrons. The van der Waals surface area contributed by atoms with Gasteiger partial charge in [-0.05, 0) is 62.1 Å². The van der Waals surface area contributed by atoms with Crippen LogP contribution in [0.25, 0.3) is 5.69 Å². The highest BCUT2D eigenvalue weighted by atomic mass is 15.0. The first-order valence-electron chi connectivity index (χ1n) is 8.86. The van der Waals surface area contributed by atoms with Crippen molar-refractivity contribution in [3.05, 3.63) is 82.7 Å². The van der Waals surface area contributed by atoms with Crippen LogP contribution in [0.3, 0.4) is 0 Å². The van der Waals surface area contributed by atoms with E-state index in [1.54, 1.807) is 0 Å². The second-order valence-electron chi connectivity index (χ2n) is 6.97. The zero-order valence-corrected chi connectivity index (χ0v) is 15.7. The molecule has 25 heavy (non-hydrogen) atoms. The van der Waals surface area contributed by atoms with Crippen LogP contribution < -0.4 is 0 Å². The molecule has 0 amide bonds. The van der Waals surface area contributed by atoms with Gasteiger partial charge in [-0.25, -0.2) is 0 Å². The number of hydrogen-bond donors (Lipinski definition) is 0. The lowest BCUT2D eigenvalue weighted by molar-refractivity contribution is 0.867. The first kappa shape index (κ1) is 17.2. The Balaban J connectivity index is 1.99. The van der Waals surface area contributed by atoms with Crippen molar-refractivity contribution in [2.75, 3.05) is 0 Å². The lowest BCUT2D eigenvalue weighted by Crippen LogP contribution is -1.99. The van der Waals surface area contributed by atoms with E-state index >= 15 is 0 Å². The van der Waals surface area contributed by atoms with Crippen LogP contribution in [0.2, 0.25) is 0 Å². The van der Waals surface area contributed by atoms with Crippen molar-refractivity contribution < 1.29 is 0 Å². The van der Waals surface area contributed by atoms with Gasteiger partial charge in [0.2, 0.25) is 0 Å². The maximum absolute atomic E-state index is 4.79. The summed E-state index contributed by atoms with van der Waals surface area (Å²) in [5, 5.41) is 0. The Morgan fingerprint density at radius 1 is 0.920 bits per heavy atom. The van der Waals surface area contributed by atoms with Crippen molar-refractivity contribution in [3.63, 3.8) is 0 Å². The second-order valence-corrected chi connectivity index (χ2v) is 6.97. The number of benzene rings is 2. The highest BCUT2D eigenvalue weighted by Crippen LogP contribution is 2.27. The van der Waals surface area contributed by atoms with Gasteiger partial charge in [0.05, 0.1) is 5.69 Å². The molecule has 0 radical (unpaired) electrons. The van der Waals surface area contributed by atoms with E-state index in [1.807, 2.05) is 6.21 Å². The van der Waals surface area contributed by atoms with E-state index in [9.17, 15) is 0 Å². The van der Waals surface area contributed by atoms with Gasteiger partial charge in [0.15, 0.2) is 0 Å². The molecule has 0 saturated heterocycles. The summed E-state index contributed by atoms with van der Waals surface area (Å²) >= 11 is 0. The summed E-state index contributed by atoms with van der Waals surface area (Å²) in [6.45, 7) is 10.8. The molecule has 0 saturated carbocycles. The Morgan fingerprint density at radius 2 is 1.68 bits per heavy atom. The third-order valence-electron chi connectivity index (χ3n) is 4.63. The summed E-state index contributed by atoms with van der Waals surface area (Å²) in [6, 6.07) is 19.2. The fraction of sp³-hybridized carbons (Fsp3) is 0.261. The van der Waals surface area contributed by atoms with Crippen LogP contribution >= 0.6 is 0 Å². The molecule has 0 unspecified atom stereocenters. The van der Waals surface area contributed by atoms with E-state index in [0.29, 0.717) is 5.92 Å². The van der Waals surface area contributed by atoms with Gasteiger partial charge >= 0.3 is 0 Å². The molecule has 2 nitrogen and oxygen atoms in total. The molecule has 1 heterocycles. The standard InChI is InChI=1S/C23H26N2/c1-16(2)22-11-6-7-12-23(22)24-15-20-14-18(4)25(19(20)5)21-10-8-9-17(3)13-21/h6-16H,1-5H3. The fourth-order valence-electron chi connectivity index (χ4n) is 3.32. The second kappa shape index (κ2) is 7.10. The Bertz CT molecular complexity index is 914. The molecule has 0 aliphatic heterocycles. The Kier molecular flexibility index (Phi) is 4.89. The lowest BCUT2D eigenvalue weighted by atomic mass is 10.0. The van der Waals surface area contributed by atoms with Crippen molar-refractivity contribution >= 4 is 11.9 Å². The van der Waals surface area contributed by atoms with Gasteiger partial charge in [-0.1, -0.05) is 44.2 Å². The summed E-state index contributed by atoms with van der Waals surface area (Å²) < 4.78 is 2.29.